The second-order valence-electron chi connectivity index (χ2n) is 7.80. The highest BCUT2D eigenvalue weighted by Crippen LogP contribution is 2.43. The zero-order chi connectivity index (χ0) is 18.0. The molecule has 3 N–H and O–H groups in total. The summed E-state index contributed by atoms with van der Waals surface area (Å²) in [7, 11) is 0. The summed E-state index contributed by atoms with van der Waals surface area (Å²) in [5.41, 5.74) is 1.40. The average Bonchev–Trinajstić information content (AvgIpc) is 3.18. The first-order valence-electron chi connectivity index (χ1n) is 8.90. The van der Waals surface area contributed by atoms with E-state index < -0.39 is 11.7 Å². The number of ether oxygens (including phenoxy) is 1. The predicted molar refractivity (Wildman–Crippen MR) is 95.7 cm³/mol. The lowest BCUT2D eigenvalue weighted by molar-refractivity contribution is 0.0263. The van der Waals surface area contributed by atoms with Crippen molar-refractivity contribution in [2.75, 3.05) is 6.61 Å². The van der Waals surface area contributed by atoms with Gasteiger partial charge in [-0.2, -0.15) is 0 Å². The molecule has 0 amide bonds. The lowest BCUT2D eigenvalue weighted by Crippen LogP contribution is -2.33. The number of fused-ring (bicyclic) bond motifs is 1. The van der Waals surface area contributed by atoms with Crippen LogP contribution in [-0.4, -0.2) is 45.3 Å². The summed E-state index contributed by atoms with van der Waals surface area (Å²) in [5.74, 6) is 0. The Balaban J connectivity index is 2.26. The van der Waals surface area contributed by atoms with Crippen LogP contribution in [0.2, 0.25) is 0 Å². The van der Waals surface area contributed by atoms with Crippen molar-refractivity contribution in [1.29, 1.82) is 0 Å². The monoisotopic (exact) mass is 336 g/mol. The Hall–Kier alpha value is -0.940. The highest BCUT2D eigenvalue weighted by Gasteiger charge is 2.50. The molecule has 1 heterocycles. The average molecular weight is 336 g/mol. The van der Waals surface area contributed by atoms with Gasteiger partial charge in [0.15, 0.2) is 0 Å². The van der Waals surface area contributed by atoms with Gasteiger partial charge in [-0.1, -0.05) is 23.8 Å². The normalized spacial score (nSPS) is 41.4. The van der Waals surface area contributed by atoms with Crippen LogP contribution in [0.5, 0.6) is 0 Å². The van der Waals surface area contributed by atoms with Crippen LogP contribution in [0.4, 0.5) is 0 Å². The van der Waals surface area contributed by atoms with E-state index in [1.54, 1.807) is 6.92 Å². The van der Waals surface area contributed by atoms with E-state index in [-0.39, 0.29) is 12.2 Å². The molecule has 1 aliphatic carbocycles. The topological polar surface area (TPSA) is 73.2 Å². The summed E-state index contributed by atoms with van der Waals surface area (Å²) in [6, 6.07) is 0. The Morgan fingerprint density at radius 1 is 1.33 bits per heavy atom. The minimum Gasteiger partial charge on any atom is -0.393 e. The number of epoxide rings is 1. The molecule has 0 saturated carbocycles. The van der Waals surface area contributed by atoms with E-state index in [4.69, 9.17) is 4.74 Å². The van der Waals surface area contributed by atoms with E-state index in [9.17, 15) is 15.3 Å². The maximum Gasteiger partial charge on any atom is 0.106 e. The second-order valence-corrected chi connectivity index (χ2v) is 7.80. The van der Waals surface area contributed by atoms with Crippen LogP contribution < -0.4 is 0 Å². The van der Waals surface area contributed by atoms with Crippen molar-refractivity contribution >= 4 is 0 Å². The molecule has 2 aliphatic rings. The number of aliphatic hydroxyl groups excluding tert-OH is 2. The summed E-state index contributed by atoms with van der Waals surface area (Å²) < 4.78 is 5.88. The second kappa shape index (κ2) is 7.52. The SMILES string of the molecule is C/C1=C\C=C(\C(C)(O)CO)CC(O)/C(C)=C/CCC2(C)OC2CC1. The summed E-state index contributed by atoms with van der Waals surface area (Å²) in [6.45, 7) is 7.36. The minimum absolute atomic E-state index is 0.0202. The van der Waals surface area contributed by atoms with Crippen molar-refractivity contribution < 1.29 is 20.1 Å². The fourth-order valence-corrected chi connectivity index (χ4v) is 3.22. The third-order valence-corrected chi connectivity index (χ3v) is 5.45. The Morgan fingerprint density at radius 2 is 2.04 bits per heavy atom. The van der Waals surface area contributed by atoms with Crippen molar-refractivity contribution in [2.24, 2.45) is 0 Å². The molecule has 4 atom stereocenters. The van der Waals surface area contributed by atoms with E-state index in [2.05, 4.69) is 19.9 Å². The molecule has 4 unspecified atom stereocenters. The molecule has 1 saturated heterocycles. The number of allylic oxidation sites excluding steroid dienone is 4. The Kier molecular flexibility index (Phi) is 6.08. The van der Waals surface area contributed by atoms with E-state index in [0.717, 1.165) is 31.3 Å². The van der Waals surface area contributed by atoms with Gasteiger partial charge < -0.3 is 20.1 Å². The molecule has 0 aromatic carbocycles. The van der Waals surface area contributed by atoms with E-state index >= 15 is 0 Å². The van der Waals surface area contributed by atoms with Crippen LogP contribution in [0.15, 0.2) is 34.9 Å². The van der Waals surface area contributed by atoms with Crippen LogP contribution >= 0.6 is 0 Å². The Morgan fingerprint density at radius 3 is 2.71 bits per heavy atom. The molecular formula is C20H32O4. The van der Waals surface area contributed by atoms with Gasteiger partial charge in [-0.05, 0) is 64.5 Å². The highest BCUT2D eigenvalue weighted by atomic mass is 16.6. The van der Waals surface area contributed by atoms with Crippen molar-refractivity contribution in [1.82, 2.24) is 0 Å². The Labute approximate surface area is 145 Å². The molecule has 0 spiro atoms. The predicted octanol–water partition coefficient (Wildman–Crippen LogP) is 3.03. The minimum atomic E-state index is -1.33. The first kappa shape index (κ1) is 19.4. The molecule has 136 valence electrons. The van der Waals surface area contributed by atoms with Crippen LogP contribution in [-0.2, 0) is 4.74 Å². The van der Waals surface area contributed by atoms with E-state index in [0.29, 0.717) is 18.1 Å². The van der Waals surface area contributed by atoms with Crippen LogP contribution in [0.25, 0.3) is 0 Å². The quantitative estimate of drug-likeness (QED) is 0.535. The molecule has 4 nitrogen and oxygen atoms in total. The zero-order valence-electron chi connectivity index (χ0n) is 15.4. The summed E-state index contributed by atoms with van der Waals surface area (Å²) >= 11 is 0. The van der Waals surface area contributed by atoms with Gasteiger partial charge in [-0.25, -0.2) is 0 Å². The molecule has 0 aromatic heterocycles. The van der Waals surface area contributed by atoms with Gasteiger partial charge in [-0.3, -0.25) is 0 Å². The molecule has 1 fully saturated rings. The lowest BCUT2D eigenvalue weighted by Gasteiger charge is -2.26. The third-order valence-electron chi connectivity index (χ3n) is 5.45. The summed E-state index contributed by atoms with van der Waals surface area (Å²) in [4.78, 5) is 0. The van der Waals surface area contributed by atoms with Gasteiger partial charge >= 0.3 is 0 Å². The maximum atomic E-state index is 10.5. The van der Waals surface area contributed by atoms with Gasteiger partial charge in [0.1, 0.15) is 5.60 Å². The van der Waals surface area contributed by atoms with Crippen molar-refractivity contribution in [3.05, 3.63) is 34.9 Å². The van der Waals surface area contributed by atoms with E-state index in [1.807, 2.05) is 19.1 Å². The van der Waals surface area contributed by atoms with Crippen molar-refractivity contribution in [3.63, 3.8) is 0 Å². The number of hydrogen-bond donors (Lipinski definition) is 3. The van der Waals surface area contributed by atoms with Gasteiger partial charge in [-0.15, -0.1) is 0 Å². The molecule has 0 bridgehead atoms. The standard InChI is InChI=1S/C20H32O4/c1-14-7-9-16(19(3,23)13-21)12-17(22)15(2)6-5-11-20(4)18(24-20)10-8-14/h6-7,9,17-18,21-23H,5,8,10-13H2,1-4H3/b14-7+,15-6+,16-9+. The highest BCUT2D eigenvalue weighted by molar-refractivity contribution is 5.26. The number of rotatable bonds is 2. The van der Waals surface area contributed by atoms with Crippen LogP contribution in [0.1, 0.15) is 59.8 Å². The molecule has 24 heavy (non-hydrogen) atoms. The fourth-order valence-electron chi connectivity index (χ4n) is 3.22. The van der Waals surface area contributed by atoms with Crippen LogP contribution in [0, 0.1) is 0 Å². The Bertz CT molecular complexity index is 544. The molecular weight excluding hydrogens is 304 g/mol. The first-order chi connectivity index (χ1) is 11.2. The lowest BCUT2D eigenvalue weighted by atomic mass is 9.88. The number of hydrogen-bond acceptors (Lipinski definition) is 4. The van der Waals surface area contributed by atoms with Gasteiger partial charge in [0, 0.05) is 6.42 Å². The summed E-state index contributed by atoms with van der Waals surface area (Å²) in [5, 5.41) is 30.4. The van der Waals surface area contributed by atoms with Gasteiger partial charge in [0.05, 0.1) is 24.4 Å². The largest absolute Gasteiger partial charge is 0.393 e. The first-order valence-corrected chi connectivity index (χ1v) is 8.90. The van der Waals surface area contributed by atoms with Crippen LogP contribution in [0.3, 0.4) is 0 Å². The molecule has 0 aromatic rings. The maximum absolute atomic E-state index is 10.5. The summed E-state index contributed by atoms with van der Waals surface area (Å²) in [6.07, 6.45) is 9.65. The third kappa shape index (κ3) is 4.79. The smallest absolute Gasteiger partial charge is 0.106 e. The molecule has 4 heteroatoms. The van der Waals surface area contributed by atoms with Gasteiger partial charge in [0.2, 0.25) is 0 Å². The molecule has 2 rings (SSSR count). The van der Waals surface area contributed by atoms with Crippen molar-refractivity contribution in [3.8, 4) is 0 Å². The van der Waals surface area contributed by atoms with Gasteiger partial charge in [0.25, 0.3) is 0 Å². The molecule has 0 radical (unpaired) electrons. The van der Waals surface area contributed by atoms with E-state index in [1.165, 1.54) is 5.57 Å². The fraction of sp³-hybridized carbons (Fsp3) is 0.700. The number of aliphatic hydroxyl groups is 3. The van der Waals surface area contributed by atoms with Crippen molar-refractivity contribution in [2.45, 2.75) is 83.2 Å². The zero-order valence-corrected chi connectivity index (χ0v) is 15.4. The molecule has 1 aliphatic heterocycles.